The molecule has 1 amide bonds. The molecule has 0 fully saturated rings. The van der Waals surface area contributed by atoms with Crippen LogP contribution in [0.2, 0.25) is 0 Å². The highest BCUT2D eigenvalue weighted by Gasteiger charge is 2.19. The number of nitrogens with zero attached hydrogens (tertiary/aromatic N) is 2. The van der Waals surface area contributed by atoms with Gasteiger partial charge in [0.2, 0.25) is 0 Å². The van der Waals surface area contributed by atoms with Crippen LogP contribution < -0.4 is 4.74 Å². The number of amides is 1. The van der Waals surface area contributed by atoms with Crippen LogP contribution in [0.1, 0.15) is 31.3 Å². The van der Waals surface area contributed by atoms with Crippen LogP contribution in [-0.2, 0) is 0 Å². The van der Waals surface area contributed by atoms with Crippen molar-refractivity contribution in [1.29, 1.82) is 0 Å². The van der Waals surface area contributed by atoms with Crippen LogP contribution >= 0.6 is 11.3 Å². The predicted octanol–water partition coefficient (Wildman–Crippen LogP) is 3.69. The third kappa shape index (κ3) is 3.42. The molecule has 0 saturated heterocycles. The lowest BCUT2D eigenvalue weighted by Gasteiger charge is -2.20. The summed E-state index contributed by atoms with van der Waals surface area (Å²) in [5.41, 5.74) is 1.41. The lowest BCUT2D eigenvalue weighted by atomic mass is 10.2. The number of rotatable bonds is 5. The van der Waals surface area contributed by atoms with Gasteiger partial charge in [0.25, 0.3) is 5.91 Å². The summed E-state index contributed by atoms with van der Waals surface area (Å²) in [6, 6.07) is 7.91. The molecule has 0 unspecified atom stereocenters. The van der Waals surface area contributed by atoms with E-state index >= 15 is 0 Å². The minimum atomic E-state index is -0.0543. The van der Waals surface area contributed by atoms with Gasteiger partial charge in [-0.05, 0) is 32.9 Å². The van der Waals surface area contributed by atoms with E-state index in [4.69, 9.17) is 4.74 Å². The van der Waals surface area contributed by atoms with E-state index in [9.17, 15) is 4.79 Å². The molecule has 1 aromatic carbocycles. The van der Waals surface area contributed by atoms with Crippen LogP contribution in [0.5, 0.6) is 5.75 Å². The van der Waals surface area contributed by atoms with E-state index in [2.05, 4.69) is 4.98 Å². The number of aromatic nitrogens is 1. The van der Waals surface area contributed by atoms with E-state index < -0.39 is 0 Å². The maximum atomic E-state index is 12.3. The first-order valence-electron chi connectivity index (χ1n) is 6.99. The van der Waals surface area contributed by atoms with Gasteiger partial charge in [-0.3, -0.25) is 4.79 Å². The Bertz CT molecular complexity index is 622. The van der Waals surface area contributed by atoms with Gasteiger partial charge in [-0.1, -0.05) is 12.1 Å². The second-order valence-corrected chi connectivity index (χ2v) is 5.83. The molecular formula is C16H20N2O2S. The molecule has 0 atom stereocenters. The summed E-state index contributed by atoms with van der Waals surface area (Å²) in [5, 5.41) is 2.61. The molecule has 0 aliphatic rings. The van der Waals surface area contributed by atoms with Gasteiger partial charge in [-0.15, -0.1) is 11.3 Å². The largest absolute Gasteiger partial charge is 0.493 e. The first-order chi connectivity index (χ1) is 10.0. The molecule has 0 N–H and O–H groups in total. The van der Waals surface area contributed by atoms with Crippen molar-refractivity contribution in [2.45, 2.75) is 26.8 Å². The molecule has 5 heteroatoms. The Labute approximate surface area is 129 Å². The molecule has 21 heavy (non-hydrogen) atoms. The van der Waals surface area contributed by atoms with Crippen molar-refractivity contribution in [2.75, 3.05) is 13.7 Å². The number of hydrogen-bond acceptors (Lipinski definition) is 4. The van der Waals surface area contributed by atoms with E-state index in [1.165, 1.54) is 11.3 Å². The standard InChI is InChI=1S/C16H20N2O2S/c1-5-20-14-9-7-6-8-12(14)15-17-13(10-21-15)16(19)18(4)11(2)3/h6-11H,5H2,1-4H3. The maximum Gasteiger partial charge on any atom is 0.273 e. The minimum Gasteiger partial charge on any atom is -0.493 e. The van der Waals surface area contributed by atoms with Crippen molar-refractivity contribution in [3.05, 3.63) is 35.3 Å². The van der Waals surface area contributed by atoms with Gasteiger partial charge in [-0.2, -0.15) is 0 Å². The van der Waals surface area contributed by atoms with E-state index in [1.54, 1.807) is 17.3 Å². The number of carbonyl (C=O) groups excluding carboxylic acids is 1. The normalized spacial score (nSPS) is 10.7. The Morgan fingerprint density at radius 2 is 2.10 bits per heavy atom. The molecule has 2 rings (SSSR count). The van der Waals surface area contributed by atoms with E-state index in [0.29, 0.717) is 12.3 Å². The fraction of sp³-hybridized carbons (Fsp3) is 0.375. The molecular weight excluding hydrogens is 284 g/mol. The first-order valence-corrected chi connectivity index (χ1v) is 7.87. The minimum absolute atomic E-state index is 0.0543. The van der Waals surface area contributed by atoms with Crippen molar-refractivity contribution in [3.8, 4) is 16.3 Å². The Balaban J connectivity index is 2.30. The highest BCUT2D eigenvalue weighted by Crippen LogP contribution is 2.32. The Morgan fingerprint density at radius 3 is 2.76 bits per heavy atom. The van der Waals surface area contributed by atoms with E-state index in [1.807, 2.05) is 45.0 Å². The van der Waals surface area contributed by atoms with Gasteiger partial charge < -0.3 is 9.64 Å². The quantitative estimate of drug-likeness (QED) is 0.846. The topological polar surface area (TPSA) is 42.4 Å². The number of ether oxygens (including phenoxy) is 1. The van der Waals surface area contributed by atoms with Gasteiger partial charge in [-0.25, -0.2) is 4.98 Å². The molecule has 0 aliphatic heterocycles. The summed E-state index contributed by atoms with van der Waals surface area (Å²) in [7, 11) is 1.79. The van der Waals surface area contributed by atoms with E-state index in [-0.39, 0.29) is 11.9 Å². The zero-order valence-electron chi connectivity index (χ0n) is 12.8. The Kier molecular flexibility index (Phi) is 4.96. The molecule has 0 saturated carbocycles. The second kappa shape index (κ2) is 6.72. The Hall–Kier alpha value is -1.88. The summed E-state index contributed by atoms with van der Waals surface area (Å²) in [5.74, 6) is 0.743. The van der Waals surface area contributed by atoms with Crippen LogP contribution in [0.15, 0.2) is 29.6 Å². The predicted molar refractivity (Wildman–Crippen MR) is 85.9 cm³/mol. The van der Waals surface area contributed by atoms with Crippen LogP contribution in [0.4, 0.5) is 0 Å². The summed E-state index contributed by atoms with van der Waals surface area (Å²) in [4.78, 5) is 18.4. The SMILES string of the molecule is CCOc1ccccc1-c1nc(C(=O)N(C)C(C)C)cs1. The monoisotopic (exact) mass is 304 g/mol. The highest BCUT2D eigenvalue weighted by atomic mass is 32.1. The average molecular weight is 304 g/mol. The highest BCUT2D eigenvalue weighted by molar-refractivity contribution is 7.13. The van der Waals surface area contributed by atoms with Gasteiger partial charge >= 0.3 is 0 Å². The summed E-state index contributed by atoms with van der Waals surface area (Å²) in [6.45, 7) is 6.51. The third-order valence-corrected chi connectivity index (χ3v) is 4.11. The molecule has 0 bridgehead atoms. The first kappa shape index (κ1) is 15.5. The molecule has 0 aliphatic carbocycles. The molecule has 4 nitrogen and oxygen atoms in total. The fourth-order valence-corrected chi connectivity index (χ4v) is 2.66. The van der Waals surface area contributed by atoms with Crippen molar-refractivity contribution in [3.63, 3.8) is 0 Å². The van der Waals surface area contributed by atoms with Crippen LogP contribution in [0.3, 0.4) is 0 Å². The zero-order chi connectivity index (χ0) is 15.4. The molecule has 112 valence electrons. The van der Waals surface area contributed by atoms with Gasteiger partial charge in [0.05, 0.1) is 12.2 Å². The van der Waals surface area contributed by atoms with Crippen LogP contribution in [0, 0.1) is 0 Å². The van der Waals surface area contributed by atoms with Crippen molar-refractivity contribution >= 4 is 17.2 Å². The number of thiazole rings is 1. The van der Waals surface area contributed by atoms with Crippen LogP contribution in [0.25, 0.3) is 10.6 Å². The summed E-state index contributed by atoms with van der Waals surface area (Å²) < 4.78 is 5.62. The van der Waals surface area contributed by atoms with Crippen LogP contribution in [-0.4, -0.2) is 35.5 Å². The summed E-state index contributed by atoms with van der Waals surface area (Å²) in [6.07, 6.45) is 0. The van der Waals surface area contributed by atoms with Crippen molar-refractivity contribution in [2.24, 2.45) is 0 Å². The molecule has 2 aromatic rings. The zero-order valence-corrected chi connectivity index (χ0v) is 13.6. The lowest BCUT2D eigenvalue weighted by molar-refractivity contribution is 0.0750. The van der Waals surface area contributed by atoms with Crippen molar-refractivity contribution in [1.82, 2.24) is 9.88 Å². The lowest BCUT2D eigenvalue weighted by Crippen LogP contribution is -2.33. The fourth-order valence-electron chi connectivity index (χ4n) is 1.84. The molecule has 1 aromatic heterocycles. The number of hydrogen-bond donors (Lipinski definition) is 0. The second-order valence-electron chi connectivity index (χ2n) is 4.98. The number of para-hydroxylation sites is 1. The maximum absolute atomic E-state index is 12.3. The van der Waals surface area contributed by atoms with Crippen molar-refractivity contribution < 1.29 is 9.53 Å². The number of carbonyl (C=O) groups is 1. The third-order valence-electron chi connectivity index (χ3n) is 3.24. The molecule has 1 heterocycles. The van der Waals surface area contributed by atoms with Gasteiger partial charge in [0.15, 0.2) is 0 Å². The Morgan fingerprint density at radius 1 is 1.38 bits per heavy atom. The van der Waals surface area contributed by atoms with Gasteiger partial charge in [0.1, 0.15) is 16.5 Å². The average Bonchev–Trinajstić information content (AvgIpc) is 2.96. The number of benzene rings is 1. The van der Waals surface area contributed by atoms with E-state index in [0.717, 1.165) is 16.3 Å². The summed E-state index contributed by atoms with van der Waals surface area (Å²) >= 11 is 1.46. The van der Waals surface area contributed by atoms with Gasteiger partial charge in [0, 0.05) is 18.5 Å². The smallest absolute Gasteiger partial charge is 0.273 e. The molecule has 0 radical (unpaired) electrons. The molecule has 0 spiro atoms.